The molecule has 1 aliphatic rings. The second-order valence-electron chi connectivity index (χ2n) is 3.00. The van der Waals surface area contributed by atoms with Gasteiger partial charge in [0.05, 0.1) is 11.5 Å². The SMILES string of the molecule is O=C(CC1CS(=O)(=O)CCN1)NO. The number of nitrogens with one attached hydrogen (secondary N) is 2. The lowest BCUT2D eigenvalue weighted by molar-refractivity contribution is -0.129. The molecule has 6 nitrogen and oxygen atoms in total. The summed E-state index contributed by atoms with van der Waals surface area (Å²) < 4.78 is 22.2. The molecule has 1 fully saturated rings. The fraction of sp³-hybridized carbons (Fsp3) is 0.833. The van der Waals surface area contributed by atoms with Crippen LogP contribution in [0.3, 0.4) is 0 Å². The summed E-state index contributed by atoms with van der Waals surface area (Å²) in [6.45, 7) is 0.367. The summed E-state index contributed by atoms with van der Waals surface area (Å²) in [6.07, 6.45) is -0.0181. The van der Waals surface area contributed by atoms with Crippen molar-refractivity contribution in [1.29, 1.82) is 0 Å². The van der Waals surface area contributed by atoms with Crippen LogP contribution >= 0.6 is 0 Å². The smallest absolute Gasteiger partial charge is 0.244 e. The number of carbonyl (C=O) groups excluding carboxylic acids is 1. The molecule has 0 aromatic carbocycles. The Bertz CT molecular complexity index is 287. The monoisotopic (exact) mass is 208 g/mol. The molecule has 1 unspecified atom stereocenters. The molecule has 1 saturated heterocycles. The van der Waals surface area contributed by atoms with Gasteiger partial charge < -0.3 is 5.32 Å². The van der Waals surface area contributed by atoms with E-state index in [-0.39, 0.29) is 24.0 Å². The van der Waals surface area contributed by atoms with E-state index in [1.807, 2.05) is 0 Å². The molecule has 76 valence electrons. The van der Waals surface area contributed by atoms with Crippen molar-refractivity contribution in [3.63, 3.8) is 0 Å². The van der Waals surface area contributed by atoms with Crippen molar-refractivity contribution in [1.82, 2.24) is 10.8 Å². The van der Waals surface area contributed by atoms with Gasteiger partial charge in [-0.2, -0.15) is 0 Å². The maximum Gasteiger partial charge on any atom is 0.244 e. The number of carbonyl (C=O) groups is 1. The van der Waals surface area contributed by atoms with E-state index in [0.29, 0.717) is 6.54 Å². The fourth-order valence-corrected chi connectivity index (χ4v) is 2.71. The van der Waals surface area contributed by atoms with Crippen molar-refractivity contribution >= 4 is 15.7 Å². The highest BCUT2D eigenvalue weighted by atomic mass is 32.2. The zero-order valence-corrected chi connectivity index (χ0v) is 7.80. The minimum atomic E-state index is -3.01. The van der Waals surface area contributed by atoms with E-state index in [0.717, 1.165) is 0 Å². The van der Waals surface area contributed by atoms with Crippen LogP contribution in [0.25, 0.3) is 0 Å². The largest absolute Gasteiger partial charge is 0.311 e. The number of hydrogen-bond acceptors (Lipinski definition) is 5. The average Bonchev–Trinajstić information content (AvgIpc) is 2.02. The lowest BCUT2D eigenvalue weighted by atomic mass is 10.2. The van der Waals surface area contributed by atoms with Crippen molar-refractivity contribution in [2.75, 3.05) is 18.1 Å². The summed E-state index contributed by atoms with van der Waals surface area (Å²) in [5, 5.41) is 11.1. The predicted molar refractivity (Wildman–Crippen MR) is 45.0 cm³/mol. The van der Waals surface area contributed by atoms with Gasteiger partial charge in [-0.3, -0.25) is 10.0 Å². The van der Waals surface area contributed by atoms with Gasteiger partial charge >= 0.3 is 0 Å². The lowest BCUT2D eigenvalue weighted by Gasteiger charge is -2.22. The van der Waals surface area contributed by atoms with Crippen LogP contribution in [0.1, 0.15) is 6.42 Å². The normalized spacial score (nSPS) is 26.7. The Morgan fingerprint density at radius 3 is 2.85 bits per heavy atom. The third-order valence-corrected chi connectivity index (χ3v) is 3.59. The first-order valence-corrected chi connectivity index (χ1v) is 5.72. The van der Waals surface area contributed by atoms with E-state index in [9.17, 15) is 13.2 Å². The van der Waals surface area contributed by atoms with Gasteiger partial charge in [0.25, 0.3) is 0 Å². The molecular weight excluding hydrogens is 196 g/mol. The van der Waals surface area contributed by atoms with Crippen LogP contribution in [0, 0.1) is 0 Å². The first kappa shape index (κ1) is 10.4. The second-order valence-corrected chi connectivity index (χ2v) is 5.23. The van der Waals surface area contributed by atoms with Gasteiger partial charge in [0.15, 0.2) is 9.84 Å². The molecule has 0 radical (unpaired) electrons. The molecule has 0 aromatic heterocycles. The molecular formula is C6H12N2O4S. The molecule has 1 heterocycles. The zero-order valence-electron chi connectivity index (χ0n) is 6.99. The molecule has 1 aliphatic heterocycles. The van der Waals surface area contributed by atoms with Crippen LogP contribution in [-0.4, -0.2) is 43.6 Å². The first-order chi connectivity index (χ1) is 6.03. The van der Waals surface area contributed by atoms with E-state index < -0.39 is 15.7 Å². The second kappa shape index (κ2) is 4.03. The van der Waals surface area contributed by atoms with Gasteiger partial charge in [-0.25, -0.2) is 13.9 Å². The Balaban J connectivity index is 2.48. The van der Waals surface area contributed by atoms with Gasteiger partial charge in [-0.15, -0.1) is 0 Å². The summed E-state index contributed by atoms with van der Waals surface area (Å²) >= 11 is 0. The van der Waals surface area contributed by atoms with Crippen LogP contribution in [0.4, 0.5) is 0 Å². The van der Waals surface area contributed by atoms with Gasteiger partial charge in [0, 0.05) is 19.0 Å². The number of rotatable bonds is 2. The maximum absolute atomic E-state index is 11.1. The van der Waals surface area contributed by atoms with E-state index in [1.165, 1.54) is 5.48 Å². The molecule has 0 saturated carbocycles. The van der Waals surface area contributed by atoms with Crippen LogP contribution in [0.2, 0.25) is 0 Å². The number of amides is 1. The molecule has 0 aliphatic carbocycles. The highest BCUT2D eigenvalue weighted by molar-refractivity contribution is 7.91. The third-order valence-electron chi connectivity index (χ3n) is 1.86. The third kappa shape index (κ3) is 3.29. The van der Waals surface area contributed by atoms with Crippen molar-refractivity contribution in [2.24, 2.45) is 0 Å². The van der Waals surface area contributed by atoms with Gasteiger partial charge in [-0.1, -0.05) is 0 Å². The Labute approximate surface area is 76.2 Å². The van der Waals surface area contributed by atoms with Crippen molar-refractivity contribution < 1.29 is 18.4 Å². The summed E-state index contributed by atoms with van der Waals surface area (Å²) in [4.78, 5) is 10.7. The van der Waals surface area contributed by atoms with Crippen LogP contribution in [-0.2, 0) is 14.6 Å². The summed E-state index contributed by atoms with van der Waals surface area (Å²) in [5.41, 5.74) is 1.47. The van der Waals surface area contributed by atoms with Gasteiger partial charge in [0.2, 0.25) is 5.91 Å². The molecule has 1 amide bonds. The molecule has 0 spiro atoms. The Kier molecular flexibility index (Phi) is 3.23. The standard InChI is InChI=1S/C6H12N2O4S/c9-6(8-10)3-5-4-13(11,12)2-1-7-5/h5,7,10H,1-4H2,(H,8,9). The van der Waals surface area contributed by atoms with Crippen molar-refractivity contribution in [3.05, 3.63) is 0 Å². The lowest BCUT2D eigenvalue weighted by Crippen LogP contribution is -2.47. The Morgan fingerprint density at radius 1 is 1.62 bits per heavy atom. The molecule has 1 atom stereocenters. The molecule has 0 bridgehead atoms. The fourth-order valence-electron chi connectivity index (χ4n) is 1.27. The summed E-state index contributed by atoms with van der Waals surface area (Å²) in [6, 6.07) is -0.383. The molecule has 1 rings (SSSR count). The Hall–Kier alpha value is -0.660. The van der Waals surface area contributed by atoms with Crippen LogP contribution in [0.5, 0.6) is 0 Å². The topological polar surface area (TPSA) is 95.5 Å². The maximum atomic E-state index is 11.1. The quantitative estimate of drug-likeness (QED) is 0.370. The number of hydrogen-bond donors (Lipinski definition) is 3. The minimum Gasteiger partial charge on any atom is -0.311 e. The Morgan fingerprint density at radius 2 is 2.31 bits per heavy atom. The number of hydroxylamine groups is 1. The van der Waals surface area contributed by atoms with Crippen LogP contribution < -0.4 is 10.8 Å². The minimum absolute atomic E-state index is 0.0181. The van der Waals surface area contributed by atoms with Crippen LogP contribution in [0.15, 0.2) is 0 Å². The van der Waals surface area contributed by atoms with Crippen molar-refractivity contribution in [2.45, 2.75) is 12.5 Å². The molecule has 7 heteroatoms. The van der Waals surface area contributed by atoms with E-state index in [2.05, 4.69) is 5.32 Å². The summed E-state index contributed by atoms with van der Waals surface area (Å²) in [5.74, 6) is -0.500. The first-order valence-electron chi connectivity index (χ1n) is 3.90. The molecule has 3 N–H and O–H groups in total. The van der Waals surface area contributed by atoms with E-state index in [1.54, 1.807) is 0 Å². The molecule has 13 heavy (non-hydrogen) atoms. The van der Waals surface area contributed by atoms with Gasteiger partial charge in [-0.05, 0) is 0 Å². The van der Waals surface area contributed by atoms with E-state index >= 15 is 0 Å². The van der Waals surface area contributed by atoms with E-state index in [4.69, 9.17) is 5.21 Å². The van der Waals surface area contributed by atoms with Gasteiger partial charge in [0.1, 0.15) is 0 Å². The highest BCUT2D eigenvalue weighted by Gasteiger charge is 2.25. The highest BCUT2D eigenvalue weighted by Crippen LogP contribution is 2.04. The van der Waals surface area contributed by atoms with Crippen molar-refractivity contribution in [3.8, 4) is 0 Å². The zero-order chi connectivity index (χ0) is 9.90. The number of sulfone groups is 1. The molecule has 0 aromatic rings. The predicted octanol–water partition coefficient (Wildman–Crippen LogP) is -1.73. The average molecular weight is 208 g/mol. The summed E-state index contributed by atoms with van der Waals surface area (Å²) in [7, 11) is -3.01.